The van der Waals surface area contributed by atoms with E-state index in [1.54, 1.807) is 0 Å². The lowest BCUT2D eigenvalue weighted by molar-refractivity contribution is -0.138. The Kier molecular flexibility index (Phi) is 5.07. The molecule has 25 heavy (non-hydrogen) atoms. The van der Waals surface area contributed by atoms with Crippen LogP contribution < -0.4 is 10.0 Å². The summed E-state index contributed by atoms with van der Waals surface area (Å²) in [7, 11) is -3.51. The first-order valence-electron chi connectivity index (χ1n) is 7.03. The number of benzene rings is 2. The van der Waals surface area contributed by atoms with Crippen LogP contribution in [0.1, 0.15) is 21.5 Å². The molecule has 0 unspecified atom stereocenters. The van der Waals surface area contributed by atoms with Crippen molar-refractivity contribution in [2.24, 2.45) is 0 Å². The van der Waals surface area contributed by atoms with Crippen molar-refractivity contribution in [1.29, 1.82) is 0 Å². The van der Waals surface area contributed by atoms with Crippen LogP contribution in [0.5, 0.6) is 0 Å². The lowest BCUT2D eigenvalue weighted by atomic mass is 10.1. The predicted octanol–water partition coefficient (Wildman–Crippen LogP) is 3.64. The maximum Gasteiger partial charge on any atom is 0.416 e. The summed E-state index contributed by atoms with van der Waals surface area (Å²) in [5, 5.41) is 2.37. The topological polar surface area (TPSA) is 75.3 Å². The van der Waals surface area contributed by atoms with E-state index in [2.05, 4.69) is 10.0 Å². The number of carbonyl (C=O) groups excluding carboxylic acids is 1. The fourth-order valence-electron chi connectivity index (χ4n) is 2.15. The second-order valence-corrected chi connectivity index (χ2v) is 7.19. The molecule has 0 fully saturated rings. The van der Waals surface area contributed by atoms with E-state index in [1.807, 2.05) is 0 Å². The molecule has 0 bridgehead atoms. The molecule has 5 nitrogen and oxygen atoms in total. The van der Waals surface area contributed by atoms with Gasteiger partial charge in [0.25, 0.3) is 5.91 Å². The zero-order valence-electron chi connectivity index (χ0n) is 13.3. The number of rotatable bonds is 4. The van der Waals surface area contributed by atoms with Crippen LogP contribution in [-0.4, -0.2) is 20.6 Å². The molecule has 1 amide bonds. The standard InChI is InChI=1S/C16H15F3N2O3S/c1-10-6-7-12(9-14(10)16(17,18)19)20-15(22)11-4-3-5-13(8-11)21-25(2,23)24/h3-9,21H,1-2H3,(H,20,22). The third-order valence-corrected chi connectivity index (χ3v) is 3.84. The van der Waals surface area contributed by atoms with Crippen molar-refractivity contribution in [2.45, 2.75) is 13.1 Å². The van der Waals surface area contributed by atoms with E-state index >= 15 is 0 Å². The van der Waals surface area contributed by atoms with Crippen molar-refractivity contribution >= 4 is 27.3 Å². The minimum absolute atomic E-state index is 0.00981. The summed E-state index contributed by atoms with van der Waals surface area (Å²) in [6.07, 6.45) is -3.56. The fourth-order valence-corrected chi connectivity index (χ4v) is 2.70. The van der Waals surface area contributed by atoms with Crippen molar-refractivity contribution in [1.82, 2.24) is 0 Å². The van der Waals surface area contributed by atoms with E-state index < -0.39 is 27.7 Å². The number of sulfonamides is 1. The molecule has 0 aliphatic rings. The van der Waals surface area contributed by atoms with Crippen LogP contribution >= 0.6 is 0 Å². The number of halogens is 3. The van der Waals surface area contributed by atoms with Crippen LogP contribution in [0.3, 0.4) is 0 Å². The zero-order valence-corrected chi connectivity index (χ0v) is 14.1. The van der Waals surface area contributed by atoms with Gasteiger partial charge in [-0.05, 0) is 42.8 Å². The lowest BCUT2D eigenvalue weighted by Gasteiger charge is -2.13. The van der Waals surface area contributed by atoms with Crippen LogP contribution in [0.25, 0.3) is 0 Å². The van der Waals surface area contributed by atoms with Crippen LogP contribution in [0.2, 0.25) is 0 Å². The third kappa shape index (κ3) is 5.21. The van der Waals surface area contributed by atoms with E-state index in [0.717, 1.165) is 12.3 Å². The molecular weight excluding hydrogens is 357 g/mol. The van der Waals surface area contributed by atoms with Crippen molar-refractivity contribution in [2.75, 3.05) is 16.3 Å². The molecule has 0 spiro atoms. The van der Waals surface area contributed by atoms with E-state index in [9.17, 15) is 26.4 Å². The monoisotopic (exact) mass is 372 g/mol. The highest BCUT2D eigenvalue weighted by Crippen LogP contribution is 2.33. The number of aryl methyl sites for hydroxylation is 1. The number of carbonyl (C=O) groups is 1. The summed E-state index contributed by atoms with van der Waals surface area (Å²) in [6.45, 7) is 1.33. The largest absolute Gasteiger partial charge is 0.416 e. The van der Waals surface area contributed by atoms with E-state index in [-0.39, 0.29) is 22.5 Å². The number of nitrogens with one attached hydrogen (secondary N) is 2. The van der Waals surface area contributed by atoms with Crippen molar-refractivity contribution in [3.63, 3.8) is 0 Å². The van der Waals surface area contributed by atoms with Crippen molar-refractivity contribution < 1.29 is 26.4 Å². The Bertz CT molecular complexity index is 909. The summed E-state index contributed by atoms with van der Waals surface area (Å²) < 4.78 is 63.4. The van der Waals surface area contributed by atoms with Gasteiger partial charge in [-0.25, -0.2) is 8.42 Å². The highest BCUT2D eigenvalue weighted by molar-refractivity contribution is 7.92. The molecule has 0 aliphatic carbocycles. The number of alkyl halides is 3. The van der Waals surface area contributed by atoms with Crippen LogP contribution in [0, 0.1) is 6.92 Å². The van der Waals surface area contributed by atoms with Gasteiger partial charge in [-0.2, -0.15) is 13.2 Å². The van der Waals surface area contributed by atoms with Gasteiger partial charge in [0.2, 0.25) is 10.0 Å². The second kappa shape index (κ2) is 6.75. The van der Waals surface area contributed by atoms with Gasteiger partial charge in [0, 0.05) is 16.9 Å². The molecule has 0 saturated heterocycles. The number of hydrogen-bond donors (Lipinski definition) is 2. The highest BCUT2D eigenvalue weighted by Gasteiger charge is 2.32. The Morgan fingerprint density at radius 2 is 1.72 bits per heavy atom. The summed E-state index contributed by atoms with van der Waals surface area (Å²) in [5.74, 6) is -0.658. The van der Waals surface area contributed by atoms with Crippen molar-refractivity contribution in [3.05, 3.63) is 59.2 Å². The summed E-state index contributed by atoms with van der Waals surface area (Å²) in [4.78, 5) is 12.2. The highest BCUT2D eigenvalue weighted by atomic mass is 32.2. The quantitative estimate of drug-likeness (QED) is 0.860. The SMILES string of the molecule is Cc1ccc(NC(=O)c2cccc(NS(C)(=O)=O)c2)cc1C(F)(F)F. The van der Waals surface area contributed by atoms with Gasteiger partial charge >= 0.3 is 6.18 Å². The molecule has 0 aliphatic heterocycles. The maximum absolute atomic E-state index is 12.9. The average molecular weight is 372 g/mol. The number of anilines is 2. The summed E-state index contributed by atoms with van der Waals surface area (Å²) in [5.41, 5.74) is -0.523. The van der Waals surface area contributed by atoms with Gasteiger partial charge in [0.1, 0.15) is 0 Å². The molecule has 9 heteroatoms. The molecule has 0 aromatic heterocycles. The number of hydrogen-bond acceptors (Lipinski definition) is 3. The van der Waals surface area contributed by atoms with Gasteiger partial charge in [-0.15, -0.1) is 0 Å². The molecule has 2 aromatic carbocycles. The lowest BCUT2D eigenvalue weighted by Crippen LogP contribution is -2.15. The summed E-state index contributed by atoms with van der Waals surface area (Å²) in [6, 6.07) is 9.09. The molecule has 134 valence electrons. The minimum Gasteiger partial charge on any atom is -0.322 e. The zero-order chi connectivity index (χ0) is 18.8. The second-order valence-electron chi connectivity index (χ2n) is 5.44. The van der Waals surface area contributed by atoms with Gasteiger partial charge < -0.3 is 5.32 Å². The van der Waals surface area contributed by atoms with E-state index in [4.69, 9.17) is 0 Å². The summed E-state index contributed by atoms with van der Waals surface area (Å²) >= 11 is 0. The van der Waals surface area contributed by atoms with Crippen LogP contribution in [-0.2, 0) is 16.2 Å². The first-order valence-corrected chi connectivity index (χ1v) is 8.92. The average Bonchev–Trinajstić information content (AvgIpc) is 2.46. The molecule has 0 atom stereocenters. The molecule has 0 saturated carbocycles. The van der Waals surface area contributed by atoms with E-state index in [1.165, 1.54) is 43.3 Å². The molecule has 2 rings (SSSR count). The van der Waals surface area contributed by atoms with Gasteiger partial charge in [0.05, 0.1) is 11.8 Å². The fraction of sp³-hybridized carbons (Fsp3) is 0.188. The van der Waals surface area contributed by atoms with Gasteiger partial charge in [0.15, 0.2) is 0 Å². The number of amides is 1. The third-order valence-electron chi connectivity index (χ3n) is 3.23. The Labute approximate surface area is 142 Å². The smallest absolute Gasteiger partial charge is 0.322 e. The predicted molar refractivity (Wildman–Crippen MR) is 89.0 cm³/mol. The van der Waals surface area contributed by atoms with Gasteiger partial charge in [-0.3, -0.25) is 9.52 Å². The normalized spacial score (nSPS) is 11.9. The Balaban J connectivity index is 2.24. The van der Waals surface area contributed by atoms with Gasteiger partial charge in [-0.1, -0.05) is 12.1 Å². The Hall–Kier alpha value is -2.55. The van der Waals surface area contributed by atoms with E-state index in [0.29, 0.717) is 0 Å². The Morgan fingerprint density at radius 1 is 1.04 bits per heavy atom. The van der Waals surface area contributed by atoms with Crippen LogP contribution in [0.15, 0.2) is 42.5 Å². The Morgan fingerprint density at radius 3 is 2.32 bits per heavy atom. The molecular formula is C16H15F3N2O3S. The first kappa shape index (κ1) is 18.8. The first-order chi connectivity index (χ1) is 11.5. The molecule has 0 heterocycles. The van der Waals surface area contributed by atoms with Crippen molar-refractivity contribution in [3.8, 4) is 0 Å². The van der Waals surface area contributed by atoms with Crippen LogP contribution in [0.4, 0.5) is 24.5 Å². The minimum atomic E-state index is -4.52. The molecule has 0 radical (unpaired) electrons. The molecule has 2 aromatic rings. The maximum atomic E-state index is 12.9. The molecule has 2 N–H and O–H groups in total.